The van der Waals surface area contributed by atoms with Crippen LogP contribution in [0.2, 0.25) is 0 Å². The van der Waals surface area contributed by atoms with E-state index in [0.29, 0.717) is 12.3 Å². The van der Waals surface area contributed by atoms with E-state index in [1.807, 2.05) is 23.0 Å². The van der Waals surface area contributed by atoms with Gasteiger partial charge in [0.2, 0.25) is 11.8 Å². The summed E-state index contributed by atoms with van der Waals surface area (Å²) in [6, 6.07) is -0.0729. The summed E-state index contributed by atoms with van der Waals surface area (Å²) >= 11 is 0. The van der Waals surface area contributed by atoms with Gasteiger partial charge >= 0.3 is 0 Å². The summed E-state index contributed by atoms with van der Waals surface area (Å²) in [5.74, 6) is 0.793. The molecular weight excluding hydrogens is 318 g/mol. The molecule has 1 aromatic heterocycles. The van der Waals surface area contributed by atoms with Crippen molar-refractivity contribution in [1.82, 2.24) is 19.6 Å². The molecule has 138 valence electrons. The highest BCUT2D eigenvalue weighted by Gasteiger charge is 2.36. The molecule has 1 atom stereocenters. The zero-order valence-electron chi connectivity index (χ0n) is 15.5. The van der Waals surface area contributed by atoms with Gasteiger partial charge in [0.1, 0.15) is 0 Å². The second-order valence-corrected chi connectivity index (χ2v) is 7.53. The van der Waals surface area contributed by atoms with E-state index >= 15 is 0 Å². The van der Waals surface area contributed by atoms with Crippen LogP contribution >= 0.6 is 0 Å². The van der Waals surface area contributed by atoms with E-state index in [2.05, 4.69) is 23.8 Å². The van der Waals surface area contributed by atoms with Crippen molar-refractivity contribution in [2.24, 2.45) is 13.0 Å². The van der Waals surface area contributed by atoms with Crippen molar-refractivity contribution in [3.05, 3.63) is 12.4 Å². The van der Waals surface area contributed by atoms with E-state index in [0.717, 1.165) is 51.3 Å². The first-order valence-electron chi connectivity index (χ1n) is 9.27. The number of hydrogen-bond donors (Lipinski definition) is 0. The molecule has 2 aliphatic rings. The van der Waals surface area contributed by atoms with Gasteiger partial charge in [0.05, 0.1) is 17.9 Å². The lowest BCUT2D eigenvalue weighted by Crippen LogP contribution is -2.58. The van der Waals surface area contributed by atoms with E-state index in [-0.39, 0.29) is 17.9 Å². The predicted molar refractivity (Wildman–Crippen MR) is 96.2 cm³/mol. The Balaban J connectivity index is 1.59. The smallest absolute Gasteiger partial charge is 0.244 e. The summed E-state index contributed by atoms with van der Waals surface area (Å²) in [7, 11) is 1.86. The first-order valence-corrected chi connectivity index (χ1v) is 9.27. The number of rotatable bonds is 4. The molecule has 0 aromatic carbocycles. The van der Waals surface area contributed by atoms with Crippen molar-refractivity contribution < 1.29 is 9.59 Å². The highest BCUT2D eigenvalue weighted by atomic mass is 16.2. The van der Waals surface area contributed by atoms with Crippen LogP contribution < -0.4 is 4.90 Å². The Hall–Kier alpha value is -1.89. The molecule has 0 bridgehead atoms. The van der Waals surface area contributed by atoms with E-state index in [1.54, 1.807) is 10.9 Å². The number of anilines is 1. The fraction of sp³-hybridized carbons (Fsp3) is 0.722. The average molecular weight is 347 g/mol. The van der Waals surface area contributed by atoms with Gasteiger partial charge in [-0.1, -0.05) is 13.8 Å². The largest absolute Gasteiger partial charge is 0.340 e. The van der Waals surface area contributed by atoms with Gasteiger partial charge in [-0.05, 0) is 18.8 Å². The number of carbonyl (C=O) groups excluding carboxylic acids is 2. The van der Waals surface area contributed by atoms with Gasteiger partial charge in [-0.15, -0.1) is 0 Å². The minimum atomic E-state index is -0.0729. The van der Waals surface area contributed by atoms with Gasteiger partial charge in [0, 0.05) is 52.4 Å². The van der Waals surface area contributed by atoms with Crippen LogP contribution in [0.25, 0.3) is 0 Å². The Bertz CT molecular complexity index is 619. The van der Waals surface area contributed by atoms with Crippen LogP contribution in [0.5, 0.6) is 0 Å². The molecule has 2 fully saturated rings. The average Bonchev–Trinajstić information content (AvgIpc) is 3.01. The lowest BCUT2D eigenvalue weighted by atomic mass is 10.0. The fourth-order valence-electron chi connectivity index (χ4n) is 3.76. The number of nitrogens with zero attached hydrogens (tertiary/aromatic N) is 5. The zero-order valence-corrected chi connectivity index (χ0v) is 15.5. The molecule has 3 heterocycles. The fourth-order valence-corrected chi connectivity index (χ4v) is 3.76. The summed E-state index contributed by atoms with van der Waals surface area (Å²) in [5.41, 5.74) is 0.878. The second-order valence-electron chi connectivity index (χ2n) is 7.53. The molecule has 0 saturated carbocycles. The standard InChI is InChI=1S/C18H29N5O2/c1-14(2)11-17(24)22-9-7-21(8-10-22)16-5-4-6-23(18(16)25)15-12-19-20(3)13-15/h12-14,16H,4-11H2,1-3H3/t16-/m0/s1. The number of hydrogen-bond acceptors (Lipinski definition) is 4. The predicted octanol–water partition coefficient (Wildman–Crippen LogP) is 1.11. The van der Waals surface area contributed by atoms with Crippen molar-refractivity contribution in [3.63, 3.8) is 0 Å². The van der Waals surface area contributed by atoms with Gasteiger partial charge in [-0.25, -0.2) is 0 Å². The van der Waals surface area contributed by atoms with Crippen LogP contribution in [-0.4, -0.2) is 70.2 Å². The molecule has 7 heteroatoms. The third kappa shape index (κ3) is 4.03. The van der Waals surface area contributed by atoms with Crippen LogP contribution in [0, 0.1) is 5.92 Å². The first-order chi connectivity index (χ1) is 12.0. The van der Waals surface area contributed by atoms with Crippen molar-refractivity contribution in [1.29, 1.82) is 0 Å². The van der Waals surface area contributed by atoms with Crippen LogP contribution in [0.15, 0.2) is 12.4 Å². The number of piperazine rings is 1. The monoisotopic (exact) mass is 347 g/mol. The lowest BCUT2D eigenvalue weighted by Gasteiger charge is -2.42. The van der Waals surface area contributed by atoms with Gasteiger partial charge in [0.25, 0.3) is 0 Å². The summed E-state index contributed by atoms with van der Waals surface area (Å²) in [5, 5.41) is 4.18. The maximum absolute atomic E-state index is 13.0. The topological polar surface area (TPSA) is 61.7 Å². The van der Waals surface area contributed by atoms with Gasteiger partial charge in [-0.2, -0.15) is 5.10 Å². The number of amides is 2. The maximum atomic E-state index is 13.0. The highest BCUT2D eigenvalue weighted by molar-refractivity contribution is 5.97. The summed E-state index contributed by atoms with van der Waals surface area (Å²) in [4.78, 5) is 31.2. The Morgan fingerprint density at radius 2 is 1.96 bits per heavy atom. The van der Waals surface area contributed by atoms with Crippen LogP contribution in [0.3, 0.4) is 0 Å². The molecular formula is C18H29N5O2. The maximum Gasteiger partial charge on any atom is 0.244 e. The van der Waals surface area contributed by atoms with Gasteiger partial charge in [0.15, 0.2) is 0 Å². The van der Waals surface area contributed by atoms with Crippen LogP contribution in [-0.2, 0) is 16.6 Å². The highest BCUT2D eigenvalue weighted by Crippen LogP contribution is 2.24. The third-order valence-corrected chi connectivity index (χ3v) is 5.10. The molecule has 0 unspecified atom stereocenters. The quantitative estimate of drug-likeness (QED) is 0.818. The molecule has 1 aromatic rings. The number of piperidine rings is 1. The summed E-state index contributed by atoms with van der Waals surface area (Å²) in [6.45, 7) is 7.91. The molecule has 7 nitrogen and oxygen atoms in total. The number of aryl methyl sites for hydroxylation is 1. The number of carbonyl (C=O) groups is 2. The summed E-state index contributed by atoms with van der Waals surface area (Å²) in [6.07, 6.45) is 6.15. The van der Waals surface area contributed by atoms with Gasteiger partial charge < -0.3 is 9.80 Å². The molecule has 3 rings (SSSR count). The van der Waals surface area contributed by atoms with Crippen LogP contribution in [0.4, 0.5) is 5.69 Å². The van der Waals surface area contributed by atoms with Crippen LogP contribution in [0.1, 0.15) is 33.1 Å². The molecule has 25 heavy (non-hydrogen) atoms. The normalized spacial score (nSPS) is 22.7. The molecule has 0 spiro atoms. The zero-order chi connectivity index (χ0) is 18.0. The SMILES string of the molecule is CC(C)CC(=O)N1CCN([C@H]2CCCN(c3cnn(C)c3)C2=O)CC1. The Kier molecular flexibility index (Phi) is 5.42. The van der Waals surface area contributed by atoms with E-state index in [4.69, 9.17) is 0 Å². The van der Waals surface area contributed by atoms with Crippen molar-refractivity contribution in [2.45, 2.75) is 39.2 Å². The Morgan fingerprint density at radius 1 is 1.24 bits per heavy atom. The number of aromatic nitrogens is 2. The van der Waals surface area contributed by atoms with E-state index < -0.39 is 0 Å². The minimum absolute atomic E-state index is 0.0729. The molecule has 2 saturated heterocycles. The minimum Gasteiger partial charge on any atom is -0.340 e. The Morgan fingerprint density at radius 3 is 2.56 bits per heavy atom. The van der Waals surface area contributed by atoms with Crippen molar-refractivity contribution in [3.8, 4) is 0 Å². The van der Waals surface area contributed by atoms with Crippen molar-refractivity contribution in [2.75, 3.05) is 37.6 Å². The van der Waals surface area contributed by atoms with Crippen molar-refractivity contribution >= 4 is 17.5 Å². The molecule has 0 N–H and O–H groups in total. The second kappa shape index (κ2) is 7.56. The summed E-state index contributed by atoms with van der Waals surface area (Å²) < 4.78 is 1.73. The lowest BCUT2D eigenvalue weighted by molar-refractivity contribution is -0.135. The van der Waals surface area contributed by atoms with E-state index in [9.17, 15) is 9.59 Å². The molecule has 2 amide bonds. The Labute approximate surface area is 149 Å². The van der Waals surface area contributed by atoms with E-state index in [1.165, 1.54) is 0 Å². The molecule has 2 aliphatic heterocycles. The molecule has 0 aliphatic carbocycles. The molecule has 0 radical (unpaired) electrons. The van der Waals surface area contributed by atoms with Gasteiger partial charge in [-0.3, -0.25) is 19.2 Å². The third-order valence-electron chi connectivity index (χ3n) is 5.10. The first kappa shape index (κ1) is 17.9.